The summed E-state index contributed by atoms with van der Waals surface area (Å²) in [5.74, 6) is 1.49. The fourth-order valence-corrected chi connectivity index (χ4v) is 3.35. The minimum atomic E-state index is 0.00201. The summed E-state index contributed by atoms with van der Waals surface area (Å²) in [6.07, 6.45) is 0.691. The second-order valence-corrected chi connectivity index (χ2v) is 5.82. The van der Waals surface area contributed by atoms with Crippen LogP contribution < -0.4 is 4.74 Å². The molecule has 0 saturated heterocycles. The Hall–Kier alpha value is -2.55. The van der Waals surface area contributed by atoms with Gasteiger partial charge in [-0.1, -0.05) is 18.7 Å². The van der Waals surface area contributed by atoms with Gasteiger partial charge in [0.25, 0.3) is 0 Å². The zero-order valence-corrected chi connectivity index (χ0v) is 12.6. The van der Waals surface area contributed by atoms with Gasteiger partial charge >= 0.3 is 0 Å². The molecule has 22 heavy (non-hydrogen) atoms. The zero-order valence-electron chi connectivity index (χ0n) is 12.6. The summed E-state index contributed by atoms with van der Waals surface area (Å²) in [5.41, 5.74) is 3.14. The molecule has 0 bridgehead atoms. The summed E-state index contributed by atoms with van der Waals surface area (Å²) >= 11 is 0. The van der Waals surface area contributed by atoms with Crippen LogP contribution in [0.15, 0.2) is 42.5 Å². The number of carbonyl (C=O) groups excluding carboxylic acids is 1. The van der Waals surface area contributed by atoms with Crippen molar-refractivity contribution in [2.45, 2.75) is 19.4 Å². The fraction of sp³-hybridized carbons (Fsp3) is 0.211. The van der Waals surface area contributed by atoms with Gasteiger partial charge in [-0.15, -0.1) is 0 Å². The van der Waals surface area contributed by atoms with Crippen molar-refractivity contribution < 1.29 is 14.3 Å². The van der Waals surface area contributed by atoms with Crippen LogP contribution in [-0.4, -0.2) is 19.0 Å². The van der Waals surface area contributed by atoms with Gasteiger partial charge in [-0.05, 0) is 35.9 Å². The first kappa shape index (κ1) is 13.1. The highest BCUT2D eigenvalue weighted by Crippen LogP contribution is 2.45. The number of hydrogen-bond donors (Lipinski definition) is 0. The number of carbonyl (C=O) groups is 1. The number of methoxy groups -OCH3 is 1. The Bertz CT molecular complexity index is 874. The van der Waals surface area contributed by atoms with Gasteiger partial charge in [0.05, 0.1) is 7.11 Å². The van der Waals surface area contributed by atoms with E-state index < -0.39 is 0 Å². The Kier molecular flexibility index (Phi) is 2.67. The van der Waals surface area contributed by atoms with Gasteiger partial charge in [-0.3, -0.25) is 4.79 Å². The van der Waals surface area contributed by atoms with E-state index in [4.69, 9.17) is 9.47 Å². The molecule has 1 heterocycles. The van der Waals surface area contributed by atoms with E-state index >= 15 is 0 Å². The van der Waals surface area contributed by atoms with Crippen molar-refractivity contribution >= 4 is 27.9 Å². The van der Waals surface area contributed by atoms with Crippen LogP contribution in [0.2, 0.25) is 0 Å². The summed E-state index contributed by atoms with van der Waals surface area (Å²) in [7, 11) is 1.64. The highest BCUT2D eigenvalue weighted by Gasteiger charge is 2.36. The molecule has 1 atom stereocenters. The normalized spacial score (nSPS) is 20.0. The Labute approximate surface area is 128 Å². The maximum absolute atomic E-state index is 12.6. The molecule has 0 saturated carbocycles. The van der Waals surface area contributed by atoms with E-state index in [1.54, 1.807) is 7.11 Å². The minimum absolute atomic E-state index is 0.00201. The number of hydrogen-bond acceptors (Lipinski definition) is 3. The molecule has 0 fully saturated rings. The molecule has 0 amide bonds. The highest BCUT2D eigenvalue weighted by atomic mass is 16.5. The predicted molar refractivity (Wildman–Crippen MR) is 86.6 cm³/mol. The lowest BCUT2D eigenvalue weighted by Crippen LogP contribution is -2.12. The van der Waals surface area contributed by atoms with Gasteiger partial charge < -0.3 is 9.47 Å². The molecule has 0 N–H and O–H groups in total. The Morgan fingerprint density at radius 3 is 2.82 bits per heavy atom. The van der Waals surface area contributed by atoms with Crippen molar-refractivity contribution in [1.29, 1.82) is 0 Å². The molecule has 4 rings (SSSR count). The van der Waals surface area contributed by atoms with E-state index in [-0.39, 0.29) is 11.9 Å². The van der Waals surface area contributed by atoms with Crippen molar-refractivity contribution in [3.8, 4) is 5.75 Å². The number of ether oxygens (including phenoxy) is 2. The third-order valence-corrected chi connectivity index (χ3v) is 4.41. The molecule has 2 aliphatic rings. The second-order valence-electron chi connectivity index (χ2n) is 5.82. The molecule has 1 aliphatic heterocycles. The molecule has 3 nitrogen and oxygen atoms in total. The largest absolute Gasteiger partial charge is 0.497 e. The Morgan fingerprint density at radius 2 is 2.05 bits per heavy atom. The Balaban J connectivity index is 2.06. The smallest absolute Gasteiger partial charge is 0.192 e. The minimum Gasteiger partial charge on any atom is -0.497 e. The third kappa shape index (κ3) is 1.65. The summed E-state index contributed by atoms with van der Waals surface area (Å²) in [4.78, 5) is 12.6. The van der Waals surface area contributed by atoms with Crippen molar-refractivity contribution in [3.05, 3.63) is 53.6 Å². The number of benzene rings is 2. The van der Waals surface area contributed by atoms with Gasteiger partial charge in [0, 0.05) is 28.7 Å². The summed E-state index contributed by atoms with van der Waals surface area (Å²) in [5, 5.41) is 2.04. The van der Waals surface area contributed by atoms with E-state index in [1.807, 2.05) is 37.3 Å². The van der Waals surface area contributed by atoms with Crippen molar-refractivity contribution in [2.24, 2.45) is 0 Å². The number of rotatable bonds is 1. The van der Waals surface area contributed by atoms with Gasteiger partial charge in [0.15, 0.2) is 5.78 Å². The number of fused-ring (bicyclic) bond motifs is 4. The molecule has 0 aromatic heterocycles. The van der Waals surface area contributed by atoms with Crippen LogP contribution in [0.1, 0.15) is 24.5 Å². The van der Waals surface area contributed by atoms with Crippen LogP contribution in [0.4, 0.5) is 0 Å². The van der Waals surface area contributed by atoms with Gasteiger partial charge in [-0.25, -0.2) is 0 Å². The van der Waals surface area contributed by atoms with E-state index in [0.717, 1.165) is 39.0 Å². The van der Waals surface area contributed by atoms with E-state index in [1.165, 1.54) is 0 Å². The molecule has 0 radical (unpaired) electrons. The van der Waals surface area contributed by atoms with Crippen LogP contribution in [0.5, 0.6) is 5.75 Å². The molecule has 0 spiro atoms. The van der Waals surface area contributed by atoms with Crippen molar-refractivity contribution in [3.63, 3.8) is 0 Å². The molecule has 1 unspecified atom stereocenters. The first-order valence-corrected chi connectivity index (χ1v) is 7.35. The standard InChI is InChI=1S/C19H16O3/c1-10-8-16-18(20)11(2)17-14(19(16)22-10)7-5-12-4-6-13(21-3)9-15(12)17/h4-7,9-10H,2,8H2,1,3H3. The molecule has 3 heteroatoms. The lowest BCUT2D eigenvalue weighted by molar-refractivity contribution is -0.110. The van der Waals surface area contributed by atoms with E-state index in [9.17, 15) is 4.79 Å². The van der Waals surface area contributed by atoms with Crippen LogP contribution in [0.3, 0.4) is 0 Å². The van der Waals surface area contributed by atoms with Crippen LogP contribution in [0.25, 0.3) is 22.1 Å². The summed E-state index contributed by atoms with van der Waals surface area (Å²) < 4.78 is 11.2. The molecule has 2 aromatic rings. The first-order chi connectivity index (χ1) is 10.6. The first-order valence-electron chi connectivity index (χ1n) is 7.35. The van der Waals surface area contributed by atoms with E-state index in [0.29, 0.717) is 12.0 Å². The quantitative estimate of drug-likeness (QED) is 0.746. The van der Waals surface area contributed by atoms with Gasteiger partial charge in [0.1, 0.15) is 17.6 Å². The number of Topliss-reactive ketones (excluding diaryl/α,β-unsaturated/α-hetero) is 1. The molecule has 1 aliphatic carbocycles. The number of allylic oxidation sites excluding steroid dienone is 1. The van der Waals surface area contributed by atoms with Gasteiger partial charge in [-0.2, -0.15) is 0 Å². The second kappa shape index (κ2) is 4.47. The molecular weight excluding hydrogens is 276 g/mol. The fourth-order valence-electron chi connectivity index (χ4n) is 3.35. The number of ketones is 1. The van der Waals surface area contributed by atoms with Crippen LogP contribution >= 0.6 is 0 Å². The molecule has 110 valence electrons. The lowest BCUT2D eigenvalue weighted by atomic mass is 9.83. The summed E-state index contributed by atoms with van der Waals surface area (Å²) in [6, 6.07) is 9.94. The SMILES string of the molecule is C=C1C(=O)C2=C(OC(C)C2)c2ccc3ccc(OC)cc3c21. The summed E-state index contributed by atoms with van der Waals surface area (Å²) in [6.45, 7) is 6.03. The van der Waals surface area contributed by atoms with E-state index in [2.05, 4.69) is 6.58 Å². The predicted octanol–water partition coefficient (Wildman–Crippen LogP) is 3.96. The van der Waals surface area contributed by atoms with Crippen molar-refractivity contribution in [2.75, 3.05) is 7.11 Å². The molecule has 2 aromatic carbocycles. The average Bonchev–Trinajstić information content (AvgIpc) is 2.93. The monoisotopic (exact) mass is 292 g/mol. The van der Waals surface area contributed by atoms with Crippen molar-refractivity contribution in [1.82, 2.24) is 0 Å². The third-order valence-electron chi connectivity index (χ3n) is 4.41. The molecular formula is C19H16O3. The Morgan fingerprint density at radius 1 is 1.27 bits per heavy atom. The highest BCUT2D eigenvalue weighted by molar-refractivity contribution is 6.35. The maximum Gasteiger partial charge on any atom is 0.192 e. The zero-order chi connectivity index (χ0) is 15.4. The van der Waals surface area contributed by atoms with Crippen LogP contribution in [-0.2, 0) is 9.53 Å². The average molecular weight is 292 g/mol. The van der Waals surface area contributed by atoms with Crippen LogP contribution in [0, 0.1) is 0 Å². The maximum atomic E-state index is 12.6. The van der Waals surface area contributed by atoms with Gasteiger partial charge in [0.2, 0.25) is 0 Å². The topological polar surface area (TPSA) is 35.5 Å². The lowest BCUT2D eigenvalue weighted by Gasteiger charge is -2.21.